The van der Waals surface area contributed by atoms with Gasteiger partial charge in [0.1, 0.15) is 8.07 Å². The summed E-state index contributed by atoms with van der Waals surface area (Å²) in [6, 6.07) is 14.3. The van der Waals surface area contributed by atoms with Gasteiger partial charge in [-0.2, -0.15) is 0 Å². The Kier molecular flexibility index (Phi) is 4.69. The van der Waals surface area contributed by atoms with Gasteiger partial charge >= 0.3 is 0 Å². The second-order valence-corrected chi connectivity index (χ2v) is 13.0. The minimum atomic E-state index is -1.54. The van der Waals surface area contributed by atoms with Crippen molar-refractivity contribution in [1.82, 2.24) is 0 Å². The average Bonchev–Trinajstić information content (AvgIpc) is 3.10. The molecule has 0 saturated heterocycles. The van der Waals surface area contributed by atoms with Crippen molar-refractivity contribution in [3.8, 4) is 11.1 Å². The summed E-state index contributed by atoms with van der Waals surface area (Å²) in [5.41, 5.74) is 9.49. The second kappa shape index (κ2) is 6.85. The molecule has 0 nitrogen and oxygen atoms in total. The van der Waals surface area contributed by atoms with Gasteiger partial charge in [-0.25, -0.2) is 0 Å². The largest absolute Gasteiger partial charge is 0.113 e. The lowest BCUT2D eigenvalue weighted by Gasteiger charge is -2.22. The van der Waals surface area contributed by atoms with E-state index >= 15 is 0 Å². The average molecular weight is 361 g/mol. The molecule has 0 unspecified atom stereocenters. The first-order chi connectivity index (χ1) is 12.6. The number of allylic oxidation sites excluding steroid dienone is 1. The molecule has 2 bridgehead atoms. The summed E-state index contributed by atoms with van der Waals surface area (Å²) in [7, 11) is -1.54. The highest BCUT2D eigenvalue weighted by Gasteiger charge is 2.45. The number of fused-ring (bicyclic) bond motifs is 1. The first kappa shape index (κ1) is 17.8. The van der Waals surface area contributed by atoms with E-state index < -0.39 is 8.07 Å². The first-order valence-corrected chi connectivity index (χ1v) is 13.6. The van der Waals surface area contributed by atoms with Crippen LogP contribution in [0.15, 0.2) is 42.0 Å². The van der Waals surface area contributed by atoms with Crippen LogP contribution in [-0.4, -0.2) is 8.07 Å². The fourth-order valence-electron chi connectivity index (χ4n) is 5.17. The minimum Gasteiger partial charge on any atom is -0.0655 e. The highest BCUT2D eigenvalue weighted by atomic mass is 28.3. The normalized spacial score (nSPS) is 16.6. The summed E-state index contributed by atoms with van der Waals surface area (Å²) < 4.78 is 0. The Morgan fingerprint density at radius 3 is 2.31 bits per heavy atom. The summed E-state index contributed by atoms with van der Waals surface area (Å²) in [6.07, 6.45) is 9.13. The lowest BCUT2D eigenvalue weighted by atomic mass is 9.96. The molecule has 0 spiro atoms. The summed E-state index contributed by atoms with van der Waals surface area (Å²) in [6.45, 7) is 9.70. The monoisotopic (exact) mass is 360 g/mol. The third-order valence-corrected chi connectivity index (χ3v) is 10.2. The first-order valence-electron chi connectivity index (χ1n) is 10.6. The van der Waals surface area contributed by atoms with E-state index in [1.807, 2.05) is 0 Å². The van der Waals surface area contributed by atoms with Gasteiger partial charge in [0.05, 0.1) is 0 Å². The molecule has 1 heteroatoms. The van der Waals surface area contributed by atoms with Crippen molar-refractivity contribution in [3.63, 3.8) is 0 Å². The minimum absolute atomic E-state index is 1.12. The van der Waals surface area contributed by atoms with Gasteiger partial charge in [-0.3, -0.25) is 0 Å². The van der Waals surface area contributed by atoms with Crippen molar-refractivity contribution in [1.29, 1.82) is 0 Å². The third kappa shape index (κ3) is 2.72. The van der Waals surface area contributed by atoms with Gasteiger partial charge in [-0.1, -0.05) is 88.2 Å². The lowest BCUT2D eigenvalue weighted by Crippen LogP contribution is -2.39. The number of aryl methyl sites for hydroxylation is 1. The standard InChI is InChI=1S/C25H32Si/c1-5-7-8-9-10-21-17-20-15-16-22-23(24(20)25(21)26(22,3)4)19-13-11-18(6-2)12-14-19/h11-16H,5-10,17H2,1-4H3. The molecule has 2 aromatic rings. The predicted molar refractivity (Wildman–Crippen MR) is 118 cm³/mol. The van der Waals surface area contributed by atoms with E-state index in [2.05, 4.69) is 63.3 Å². The van der Waals surface area contributed by atoms with E-state index in [1.165, 1.54) is 49.7 Å². The fourth-order valence-corrected chi connectivity index (χ4v) is 8.84. The molecule has 0 saturated carbocycles. The highest BCUT2D eigenvalue weighted by molar-refractivity contribution is 7.07. The van der Waals surface area contributed by atoms with Crippen LogP contribution in [-0.2, 0) is 12.8 Å². The summed E-state index contributed by atoms with van der Waals surface area (Å²) in [5, 5.41) is 3.47. The molecule has 0 amide bonds. The Hall–Kier alpha value is -1.60. The number of benzene rings is 2. The van der Waals surface area contributed by atoms with Crippen molar-refractivity contribution in [3.05, 3.63) is 58.7 Å². The van der Waals surface area contributed by atoms with Crippen molar-refractivity contribution < 1.29 is 0 Å². The fraction of sp³-hybridized carbons (Fsp3) is 0.440. The highest BCUT2D eigenvalue weighted by Crippen LogP contribution is 2.50. The predicted octanol–water partition coefficient (Wildman–Crippen LogP) is 6.66. The molecule has 0 aromatic heterocycles. The van der Waals surface area contributed by atoms with Crippen LogP contribution >= 0.6 is 0 Å². The molecule has 1 heterocycles. The maximum Gasteiger partial charge on any atom is 0.113 e. The molecule has 0 atom stereocenters. The number of rotatable bonds is 7. The Labute approximate surface area is 160 Å². The van der Waals surface area contributed by atoms with Crippen molar-refractivity contribution >= 4 is 18.5 Å². The van der Waals surface area contributed by atoms with Crippen LogP contribution in [0.3, 0.4) is 0 Å². The molecule has 2 aromatic carbocycles. The summed E-state index contributed by atoms with van der Waals surface area (Å²) >= 11 is 0. The van der Waals surface area contributed by atoms with E-state index in [9.17, 15) is 0 Å². The Morgan fingerprint density at radius 2 is 1.62 bits per heavy atom. The maximum atomic E-state index is 2.58. The van der Waals surface area contributed by atoms with Crippen LogP contribution in [0.5, 0.6) is 0 Å². The Morgan fingerprint density at radius 1 is 0.846 bits per heavy atom. The third-order valence-electron chi connectivity index (χ3n) is 6.58. The molecule has 0 N–H and O–H groups in total. The SMILES string of the molecule is CCCCCCC1=C2c3c(ccc(c3-c3ccc(CC)cc3)[Si]2(C)C)C1. The van der Waals surface area contributed by atoms with Crippen molar-refractivity contribution in [2.45, 2.75) is 71.9 Å². The van der Waals surface area contributed by atoms with E-state index in [-0.39, 0.29) is 0 Å². The summed E-state index contributed by atoms with van der Waals surface area (Å²) in [5.74, 6) is 0. The van der Waals surface area contributed by atoms with E-state index in [0.29, 0.717) is 0 Å². The smallest absolute Gasteiger partial charge is 0.0655 e. The van der Waals surface area contributed by atoms with E-state index in [0.717, 1.165) is 6.42 Å². The molecule has 26 heavy (non-hydrogen) atoms. The zero-order valence-corrected chi connectivity index (χ0v) is 17.9. The van der Waals surface area contributed by atoms with Crippen molar-refractivity contribution in [2.24, 2.45) is 0 Å². The number of hydrogen-bond acceptors (Lipinski definition) is 0. The molecule has 136 valence electrons. The van der Waals surface area contributed by atoms with Gasteiger partial charge in [0.15, 0.2) is 0 Å². The molecule has 4 rings (SSSR count). The molecule has 1 aliphatic heterocycles. The Balaban J connectivity index is 1.76. The van der Waals surface area contributed by atoms with Crippen LogP contribution in [0.1, 0.15) is 62.6 Å². The van der Waals surface area contributed by atoms with Crippen molar-refractivity contribution in [2.75, 3.05) is 0 Å². The van der Waals surface area contributed by atoms with Crippen LogP contribution < -0.4 is 5.19 Å². The number of unbranched alkanes of at least 4 members (excludes halogenated alkanes) is 3. The van der Waals surface area contributed by atoms with Gasteiger partial charge in [-0.05, 0) is 63.9 Å². The molecule has 0 radical (unpaired) electrons. The van der Waals surface area contributed by atoms with Gasteiger partial charge in [-0.15, -0.1) is 0 Å². The van der Waals surface area contributed by atoms with Gasteiger partial charge in [0.25, 0.3) is 0 Å². The topological polar surface area (TPSA) is 0 Å². The van der Waals surface area contributed by atoms with Crippen LogP contribution in [0.2, 0.25) is 13.1 Å². The van der Waals surface area contributed by atoms with Gasteiger partial charge in [0, 0.05) is 0 Å². The van der Waals surface area contributed by atoms with Crippen LogP contribution in [0, 0.1) is 0 Å². The second-order valence-electron chi connectivity index (χ2n) is 8.66. The Bertz CT molecular complexity index is 852. The summed E-state index contributed by atoms with van der Waals surface area (Å²) in [4.78, 5) is 0. The van der Waals surface area contributed by atoms with Crippen LogP contribution in [0.4, 0.5) is 0 Å². The van der Waals surface area contributed by atoms with Gasteiger partial charge < -0.3 is 0 Å². The molecule has 1 aliphatic carbocycles. The number of hydrogen-bond donors (Lipinski definition) is 0. The maximum absolute atomic E-state index is 2.58. The zero-order valence-electron chi connectivity index (χ0n) is 16.9. The quantitative estimate of drug-likeness (QED) is 0.382. The zero-order chi connectivity index (χ0) is 18.3. The molecule has 2 aliphatic rings. The molecular formula is C25H32Si. The lowest BCUT2D eigenvalue weighted by molar-refractivity contribution is 0.662. The molecular weight excluding hydrogens is 328 g/mol. The van der Waals surface area contributed by atoms with Crippen LogP contribution in [0.25, 0.3) is 16.3 Å². The van der Waals surface area contributed by atoms with E-state index in [1.54, 1.807) is 32.6 Å². The van der Waals surface area contributed by atoms with Gasteiger partial charge in [0.2, 0.25) is 0 Å². The van der Waals surface area contributed by atoms with E-state index in [4.69, 9.17) is 0 Å². The molecule has 0 fully saturated rings.